The predicted octanol–water partition coefficient (Wildman–Crippen LogP) is 6.03. The minimum Gasteiger partial charge on any atom is -0.507 e. The third-order valence-electron chi connectivity index (χ3n) is 6.11. The fraction of sp³-hybridized carbons (Fsp3) is 0.207. The quantitative estimate of drug-likeness (QED) is 0.192. The molecule has 1 amide bonds. The smallest absolute Gasteiger partial charge is 0.301 e. The fourth-order valence-corrected chi connectivity index (χ4v) is 5.46. The number of Topliss-reactive ketones (excluding diaryl/α,β-unsaturated/α-hetero) is 1. The molecule has 37 heavy (non-hydrogen) atoms. The number of ketones is 1. The number of ether oxygens (including phenoxy) is 2. The van der Waals surface area contributed by atoms with E-state index in [9.17, 15) is 14.7 Å². The standard InChI is InChI=1S/C29H26N2O5S/c1-16(2)36-21-12-8-19(9-13-21)26(32)24-25(18-6-10-20(35-4)11-7-18)31(28(34)27(24)33)29-30-22-14-5-17(3)15-23(22)37-29/h5-16,25,32H,1-4H3/b26-24+. The van der Waals surface area contributed by atoms with Gasteiger partial charge in [-0.25, -0.2) is 4.98 Å². The highest BCUT2D eigenvalue weighted by molar-refractivity contribution is 7.22. The van der Waals surface area contributed by atoms with Gasteiger partial charge in [-0.3, -0.25) is 14.5 Å². The highest BCUT2D eigenvalue weighted by Gasteiger charge is 2.48. The van der Waals surface area contributed by atoms with Crippen molar-refractivity contribution in [2.45, 2.75) is 32.9 Å². The van der Waals surface area contributed by atoms with Crippen LogP contribution in [0.5, 0.6) is 11.5 Å². The maximum atomic E-state index is 13.4. The maximum absolute atomic E-state index is 13.4. The average Bonchev–Trinajstić information content (AvgIpc) is 3.41. The van der Waals surface area contributed by atoms with Gasteiger partial charge < -0.3 is 14.6 Å². The predicted molar refractivity (Wildman–Crippen MR) is 144 cm³/mol. The summed E-state index contributed by atoms with van der Waals surface area (Å²) in [7, 11) is 1.57. The van der Waals surface area contributed by atoms with Gasteiger partial charge in [0.15, 0.2) is 5.13 Å². The number of aliphatic hydroxyl groups excluding tert-OH is 1. The molecule has 1 aliphatic rings. The molecule has 8 heteroatoms. The van der Waals surface area contributed by atoms with Gasteiger partial charge >= 0.3 is 5.91 Å². The van der Waals surface area contributed by atoms with Crippen molar-refractivity contribution in [1.29, 1.82) is 0 Å². The number of aryl methyl sites for hydroxylation is 1. The number of carbonyl (C=O) groups is 2. The molecule has 3 aromatic carbocycles. The van der Waals surface area contributed by atoms with Crippen LogP contribution in [0.4, 0.5) is 5.13 Å². The number of anilines is 1. The van der Waals surface area contributed by atoms with Crippen molar-refractivity contribution in [1.82, 2.24) is 4.98 Å². The molecular formula is C29H26N2O5S. The number of methoxy groups -OCH3 is 1. The Labute approximate surface area is 218 Å². The summed E-state index contributed by atoms with van der Waals surface area (Å²) in [5.41, 5.74) is 2.87. The third kappa shape index (κ3) is 4.56. The first-order valence-electron chi connectivity index (χ1n) is 11.9. The lowest BCUT2D eigenvalue weighted by atomic mass is 9.95. The Balaban J connectivity index is 1.66. The van der Waals surface area contributed by atoms with Crippen LogP contribution in [0.1, 0.15) is 36.6 Å². The second kappa shape index (κ2) is 9.71. The van der Waals surface area contributed by atoms with Crippen LogP contribution in [-0.2, 0) is 9.59 Å². The van der Waals surface area contributed by atoms with Crippen LogP contribution in [0.2, 0.25) is 0 Å². The Morgan fingerprint density at radius 2 is 1.68 bits per heavy atom. The van der Waals surface area contributed by atoms with E-state index < -0.39 is 17.7 Å². The number of thiazole rings is 1. The molecule has 7 nitrogen and oxygen atoms in total. The van der Waals surface area contributed by atoms with Crippen molar-refractivity contribution in [3.63, 3.8) is 0 Å². The first-order valence-corrected chi connectivity index (χ1v) is 12.7. The van der Waals surface area contributed by atoms with Crippen LogP contribution < -0.4 is 14.4 Å². The Morgan fingerprint density at radius 1 is 1.00 bits per heavy atom. The number of rotatable bonds is 6. The van der Waals surface area contributed by atoms with E-state index in [1.54, 1.807) is 55.6 Å². The molecule has 1 aliphatic heterocycles. The van der Waals surface area contributed by atoms with Crippen LogP contribution >= 0.6 is 11.3 Å². The van der Waals surface area contributed by atoms with Gasteiger partial charge in [0.05, 0.1) is 35.0 Å². The van der Waals surface area contributed by atoms with E-state index in [0.29, 0.717) is 27.8 Å². The van der Waals surface area contributed by atoms with Crippen molar-refractivity contribution in [2.24, 2.45) is 0 Å². The largest absolute Gasteiger partial charge is 0.507 e. The van der Waals surface area contributed by atoms with Gasteiger partial charge in [-0.15, -0.1) is 0 Å². The molecule has 2 heterocycles. The summed E-state index contributed by atoms with van der Waals surface area (Å²) < 4.78 is 11.9. The van der Waals surface area contributed by atoms with Crippen molar-refractivity contribution < 1.29 is 24.2 Å². The highest BCUT2D eigenvalue weighted by Crippen LogP contribution is 2.44. The molecule has 1 atom stereocenters. The van der Waals surface area contributed by atoms with Gasteiger partial charge in [-0.2, -0.15) is 0 Å². The maximum Gasteiger partial charge on any atom is 0.301 e. The first kappa shape index (κ1) is 24.5. The zero-order valence-corrected chi connectivity index (χ0v) is 21.7. The topological polar surface area (TPSA) is 89.0 Å². The normalized spacial score (nSPS) is 17.1. The summed E-state index contributed by atoms with van der Waals surface area (Å²) in [5.74, 6) is -0.482. The van der Waals surface area contributed by atoms with Crippen LogP contribution in [0.25, 0.3) is 16.0 Å². The van der Waals surface area contributed by atoms with E-state index in [0.717, 1.165) is 15.8 Å². The zero-order valence-electron chi connectivity index (χ0n) is 20.9. The number of benzene rings is 3. The number of aromatic nitrogens is 1. The van der Waals surface area contributed by atoms with Gasteiger partial charge in [-0.1, -0.05) is 29.5 Å². The highest BCUT2D eigenvalue weighted by atomic mass is 32.1. The lowest BCUT2D eigenvalue weighted by Gasteiger charge is -2.23. The second-order valence-electron chi connectivity index (χ2n) is 9.10. The number of hydrogen-bond donors (Lipinski definition) is 1. The Morgan fingerprint density at radius 3 is 2.32 bits per heavy atom. The van der Waals surface area contributed by atoms with Gasteiger partial charge in [-0.05, 0) is 80.4 Å². The molecule has 1 N–H and O–H groups in total. The number of hydrogen-bond acceptors (Lipinski definition) is 7. The van der Waals surface area contributed by atoms with Crippen molar-refractivity contribution in [3.8, 4) is 11.5 Å². The van der Waals surface area contributed by atoms with Gasteiger partial charge in [0.25, 0.3) is 5.78 Å². The summed E-state index contributed by atoms with van der Waals surface area (Å²) in [4.78, 5) is 32.9. The lowest BCUT2D eigenvalue weighted by Crippen LogP contribution is -2.29. The molecule has 1 unspecified atom stereocenters. The van der Waals surface area contributed by atoms with E-state index in [4.69, 9.17) is 9.47 Å². The van der Waals surface area contributed by atoms with Crippen LogP contribution in [0.3, 0.4) is 0 Å². The molecule has 0 bridgehead atoms. The van der Waals surface area contributed by atoms with E-state index in [1.165, 1.54) is 16.2 Å². The van der Waals surface area contributed by atoms with Gasteiger partial charge in [0, 0.05) is 5.56 Å². The van der Waals surface area contributed by atoms with Crippen molar-refractivity contribution >= 4 is 44.1 Å². The lowest BCUT2D eigenvalue weighted by molar-refractivity contribution is -0.132. The minimum absolute atomic E-state index is 0.00237. The fourth-order valence-electron chi connectivity index (χ4n) is 4.37. The first-order chi connectivity index (χ1) is 17.8. The van der Waals surface area contributed by atoms with E-state index in [1.807, 2.05) is 39.0 Å². The Bertz CT molecular complexity index is 1520. The molecule has 0 radical (unpaired) electrons. The zero-order chi connectivity index (χ0) is 26.3. The van der Waals surface area contributed by atoms with Gasteiger partial charge in [0.1, 0.15) is 17.3 Å². The molecule has 5 rings (SSSR count). The Hall–Kier alpha value is -4.17. The number of fused-ring (bicyclic) bond motifs is 1. The molecule has 0 spiro atoms. The van der Waals surface area contributed by atoms with E-state index >= 15 is 0 Å². The summed E-state index contributed by atoms with van der Waals surface area (Å²) in [6.45, 7) is 5.83. The molecule has 0 saturated carbocycles. The molecule has 1 saturated heterocycles. The third-order valence-corrected chi connectivity index (χ3v) is 7.13. The average molecular weight is 515 g/mol. The monoisotopic (exact) mass is 514 g/mol. The number of amides is 1. The summed E-state index contributed by atoms with van der Waals surface area (Å²) >= 11 is 1.33. The minimum atomic E-state index is -0.862. The molecule has 1 aromatic heterocycles. The number of carbonyl (C=O) groups excluding carboxylic acids is 2. The molecular weight excluding hydrogens is 488 g/mol. The second-order valence-corrected chi connectivity index (χ2v) is 10.1. The summed E-state index contributed by atoms with van der Waals surface area (Å²) in [5, 5.41) is 11.7. The number of aliphatic hydroxyl groups is 1. The molecule has 4 aromatic rings. The van der Waals surface area contributed by atoms with E-state index in [2.05, 4.69) is 4.98 Å². The van der Waals surface area contributed by atoms with Crippen molar-refractivity contribution in [2.75, 3.05) is 12.0 Å². The van der Waals surface area contributed by atoms with Gasteiger partial charge in [0.2, 0.25) is 0 Å². The SMILES string of the molecule is COc1ccc(C2/C(=C(\O)c3ccc(OC(C)C)cc3)C(=O)C(=O)N2c2nc3ccc(C)cc3s2)cc1. The van der Waals surface area contributed by atoms with Crippen LogP contribution in [0.15, 0.2) is 72.3 Å². The number of nitrogens with zero attached hydrogens (tertiary/aromatic N) is 2. The van der Waals surface area contributed by atoms with Crippen molar-refractivity contribution in [3.05, 3.63) is 89.0 Å². The van der Waals surface area contributed by atoms with Crippen LogP contribution in [-0.4, -0.2) is 35.0 Å². The summed E-state index contributed by atoms with van der Waals surface area (Å²) in [6, 6.07) is 18.9. The molecule has 0 aliphatic carbocycles. The molecule has 188 valence electrons. The summed E-state index contributed by atoms with van der Waals surface area (Å²) in [6.07, 6.45) is -0.00237. The van der Waals surface area contributed by atoms with Crippen LogP contribution in [0, 0.1) is 6.92 Å². The molecule has 1 fully saturated rings. The Kier molecular flexibility index (Phi) is 6.43. The van der Waals surface area contributed by atoms with E-state index in [-0.39, 0.29) is 17.4 Å².